The molecule has 120 valence electrons. The SMILES string of the molecule is Cc1ccc(-c2cc(/C=C/C(=O)c3ccc(N)cc3)[nH]n2)cc1C. The zero-order valence-electron chi connectivity index (χ0n) is 13.7. The first-order valence-corrected chi connectivity index (χ1v) is 7.74. The molecule has 0 fully saturated rings. The van der Waals surface area contributed by atoms with E-state index in [0.717, 1.165) is 17.0 Å². The van der Waals surface area contributed by atoms with Crippen molar-refractivity contribution < 1.29 is 4.79 Å². The maximum Gasteiger partial charge on any atom is 0.185 e. The lowest BCUT2D eigenvalue weighted by Gasteiger charge is -2.01. The summed E-state index contributed by atoms with van der Waals surface area (Å²) in [6.07, 6.45) is 3.26. The molecule has 4 nitrogen and oxygen atoms in total. The number of nitrogens with zero attached hydrogens (tertiary/aromatic N) is 1. The summed E-state index contributed by atoms with van der Waals surface area (Å²) in [7, 11) is 0. The third-order valence-electron chi connectivity index (χ3n) is 4.01. The van der Waals surface area contributed by atoms with Crippen molar-refractivity contribution in [2.75, 3.05) is 5.73 Å². The minimum Gasteiger partial charge on any atom is -0.399 e. The summed E-state index contributed by atoms with van der Waals surface area (Å²) in [6, 6.07) is 15.0. The predicted molar refractivity (Wildman–Crippen MR) is 97.7 cm³/mol. The minimum absolute atomic E-state index is 0.0719. The fourth-order valence-electron chi connectivity index (χ4n) is 2.38. The van der Waals surface area contributed by atoms with Crippen LogP contribution in [0, 0.1) is 13.8 Å². The van der Waals surface area contributed by atoms with E-state index in [0.29, 0.717) is 11.3 Å². The number of ketones is 1. The Morgan fingerprint density at radius 1 is 1.04 bits per heavy atom. The quantitative estimate of drug-likeness (QED) is 0.431. The van der Waals surface area contributed by atoms with E-state index in [4.69, 9.17) is 5.73 Å². The van der Waals surface area contributed by atoms with Gasteiger partial charge in [-0.2, -0.15) is 5.10 Å². The highest BCUT2D eigenvalue weighted by Crippen LogP contribution is 2.21. The van der Waals surface area contributed by atoms with Crippen LogP contribution >= 0.6 is 0 Å². The fraction of sp³-hybridized carbons (Fsp3) is 0.100. The number of rotatable bonds is 4. The first kappa shape index (κ1) is 15.7. The monoisotopic (exact) mass is 317 g/mol. The number of hydrogen-bond donors (Lipinski definition) is 2. The van der Waals surface area contributed by atoms with Crippen molar-refractivity contribution in [3.63, 3.8) is 0 Å². The van der Waals surface area contributed by atoms with Gasteiger partial charge in [-0.1, -0.05) is 12.1 Å². The Labute approximate surface area is 141 Å². The molecule has 3 rings (SSSR count). The van der Waals surface area contributed by atoms with Gasteiger partial charge in [-0.3, -0.25) is 9.89 Å². The van der Waals surface area contributed by atoms with E-state index in [1.165, 1.54) is 17.2 Å². The van der Waals surface area contributed by atoms with Crippen LogP contribution in [-0.4, -0.2) is 16.0 Å². The molecular formula is C20H19N3O. The van der Waals surface area contributed by atoms with Crippen molar-refractivity contribution in [1.29, 1.82) is 0 Å². The molecule has 24 heavy (non-hydrogen) atoms. The van der Waals surface area contributed by atoms with Crippen LogP contribution < -0.4 is 5.73 Å². The molecule has 0 bridgehead atoms. The highest BCUT2D eigenvalue weighted by molar-refractivity contribution is 6.06. The zero-order valence-corrected chi connectivity index (χ0v) is 13.7. The first-order chi connectivity index (χ1) is 11.5. The van der Waals surface area contributed by atoms with Crippen LogP contribution in [0.4, 0.5) is 5.69 Å². The molecule has 0 aliphatic heterocycles. The van der Waals surface area contributed by atoms with E-state index in [9.17, 15) is 4.79 Å². The second-order valence-electron chi connectivity index (χ2n) is 5.83. The molecule has 0 spiro atoms. The van der Waals surface area contributed by atoms with Gasteiger partial charge in [0, 0.05) is 16.8 Å². The molecule has 1 aromatic heterocycles. The molecule has 0 aliphatic rings. The van der Waals surface area contributed by atoms with E-state index in [1.807, 2.05) is 12.1 Å². The molecule has 0 saturated carbocycles. The third-order valence-corrected chi connectivity index (χ3v) is 4.01. The number of anilines is 1. The summed E-state index contributed by atoms with van der Waals surface area (Å²) in [6.45, 7) is 4.16. The molecule has 0 radical (unpaired) electrons. The van der Waals surface area contributed by atoms with Crippen molar-refractivity contribution in [3.05, 3.63) is 77.0 Å². The number of allylic oxidation sites excluding steroid dienone is 1. The molecule has 3 aromatic rings. The number of nitrogen functional groups attached to an aromatic ring is 1. The highest BCUT2D eigenvalue weighted by Gasteiger charge is 2.05. The number of hydrogen-bond acceptors (Lipinski definition) is 3. The van der Waals surface area contributed by atoms with Crippen LogP contribution in [0.3, 0.4) is 0 Å². The topological polar surface area (TPSA) is 71.8 Å². The Hall–Kier alpha value is -3.14. The van der Waals surface area contributed by atoms with E-state index in [1.54, 1.807) is 30.3 Å². The van der Waals surface area contributed by atoms with Gasteiger partial charge in [0.2, 0.25) is 0 Å². The van der Waals surface area contributed by atoms with Gasteiger partial charge in [0.25, 0.3) is 0 Å². The number of aryl methyl sites for hydroxylation is 2. The van der Waals surface area contributed by atoms with Gasteiger partial charge in [0.15, 0.2) is 5.78 Å². The Balaban J connectivity index is 1.77. The van der Waals surface area contributed by atoms with Crippen LogP contribution in [-0.2, 0) is 0 Å². The fourth-order valence-corrected chi connectivity index (χ4v) is 2.38. The molecule has 0 saturated heterocycles. The lowest BCUT2D eigenvalue weighted by atomic mass is 10.0. The summed E-state index contributed by atoms with van der Waals surface area (Å²) in [5, 5.41) is 7.26. The highest BCUT2D eigenvalue weighted by atomic mass is 16.1. The maximum atomic E-state index is 12.1. The van der Waals surface area contributed by atoms with Gasteiger partial charge in [-0.05, 0) is 73.5 Å². The molecule has 0 amide bonds. The number of aromatic nitrogens is 2. The smallest absolute Gasteiger partial charge is 0.185 e. The van der Waals surface area contributed by atoms with Gasteiger partial charge >= 0.3 is 0 Å². The lowest BCUT2D eigenvalue weighted by molar-refractivity contribution is 0.104. The van der Waals surface area contributed by atoms with E-state index >= 15 is 0 Å². The number of carbonyl (C=O) groups excluding carboxylic acids is 1. The van der Waals surface area contributed by atoms with E-state index < -0.39 is 0 Å². The average molecular weight is 317 g/mol. The van der Waals surface area contributed by atoms with Crippen molar-refractivity contribution in [1.82, 2.24) is 10.2 Å². The van der Waals surface area contributed by atoms with Crippen LogP contribution in [0.15, 0.2) is 54.6 Å². The van der Waals surface area contributed by atoms with Crippen LogP contribution in [0.2, 0.25) is 0 Å². The second-order valence-corrected chi connectivity index (χ2v) is 5.83. The van der Waals surface area contributed by atoms with Crippen LogP contribution in [0.5, 0.6) is 0 Å². The van der Waals surface area contributed by atoms with Crippen molar-refractivity contribution in [2.24, 2.45) is 0 Å². The van der Waals surface area contributed by atoms with Crippen LogP contribution in [0.25, 0.3) is 17.3 Å². The van der Waals surface area contributed by atoms with Crippen molar-refractivity contribution >= 4 is 17.5 Å². The molecule has 0 unspecified atom stereocenters. The number of nitrogens with two attached hydrogens (primary N) is 1. The molecule has 2 aromatic carbocycles. The standard InChI is InChI=1S/C20H19N3O/c1-13-3-4-16(11-14(13)2)19-12-18(22-23-19)9-10-20(24)15-5-7-17(21)8-6-15/h3-12H,21H2,1-2H3,(H,22,23)/b10-9+. The van der Waals surface area contributed by atoms with Gasteiger partial charge in [0.1, 0.15) is 0 Å². The number of aromatic amines is 1. The Morgan fingerprint density at radius 3 is 2.50 bits per heavy atom. The zero-order chi connectivity index (χ0) is 17.1. The molecule has 0 aliphatic carbocycles. The van der Waals surface area contributed by atoms with Gasteiger partial charge in [0.05, 0.1) is 11.4 Å². The van der Waals surface area contributed by atoms with Gasteiger partial charge in [-0.25, -0.2) is 0 Å². The summed E-state index contributed by atoms with van der Waals surface area (Å²) in [5.41, 5.74) is 12.1. The lowest BCUT2D eigenvalue weighted by Crippen LogP contribution is -1.94. The molecular weight excluding hydrogens is 298 g/mol. The molecule has 3 N–H and O–H groups in total. The van der Waals surface area contributed by atoms with Gasteiger partial charge < -0.3 is 5.73 Å². The number of carbonyl (C=O) groups is 1. The Kier molecular flexibility index (Phi) is 4.29. The average Bonchev–Trinajstić information content (AvgIpc) is 3.05. The van der Waals surface area contributed by atoms with E-state index in [2.05, 4.69) is 36.2 Å². The van der Waals surface area contributed by atoms with Gasteiger partial charge in [-0.15, -0.1) is 0 Å². The predicted octanol–water partition coefficient (Wildman–Crippen LogP) is 4.17. The van der Waals surface area contributed by atoms with Crippen LogP contribution in [0.1, 0.15) is 27.2 Å². The second kappa shape index (κ2) is 6.54. The largest absolute Gasteiger partial charge is 0.399 e. The summed E-state index contributed by atoms with van der Waals surface area (Å²) in [5.74, 6) is -0.0719. The number of H-pyrrole nitrogens is 1. The molecule has 4 heteroatoms. The maximum absolute atomic E-state index is 12.1. The Morgan fingerprint density at radius 2 is 1.79 bits per heavy atom. The first-order valence-electron chi connectivity index (χ1n) is 7.74. The summed E-state index contributed by atoms with van der Waals surface area (Å²) < 4.78 is 0. The van der Waals surface area contributed by atoms with Crippen molar-refractivity contribution in [2.45, 2.75) is 13.8 Å². The number of benzene rings is 2. The minimum atomic E-state index is -0.0719. The van der Waals surface area contributed by atoms with Crippen molar-refractivity contribution in [3.8, 4) is 11.3 Å². The normalized spacial score (nSPS) is 11.1. The van der Waals surface area contributed by atoms with E-state index in [-0.39, 0.29) is 5.78 Å². The summed E-state index contributed by atoms with van der Waals surface area (Å²) >= 11 is 0. The molecule has 1 heterocycles. The molecule has 0 atom stereocenters. The Bertz CT molecular complexity index is 905. The number of nitrogens with one attached hydrogen (secondary N) is 1. The summed E-state index contributed by atoms with van der Waals surface area (Å²) in [4.78, 5) is 12.1. The third kappa shape index (κ3) is 3.43.